The van der Waals surface area contributed by atoms with E-state index in [1.54, 1.807) is 20.1 Å². The lowest BCUT2D eigenvalue weighted by molar-refractivity contribution is -0.137. The monoisotopic (exact) mass is 521 g/mol. The van der Waals surface area contributed by atoms with Gasteiger partial charge < -0.3 is 18.9 Å². The van der Waals surface area contributed by atoms with Crippen LogP contribution < -0.4 is 9.47 Å². The van der Waals surface area contributed by atoms with Crippen molar-refractivity contribution in [1.82, 2.24) is 4.90 Å². The van der Waals surface area contributed by atoms with E-state index in [9.17, 15) is 4.79 Å². The van der Waals surface area contributed by atoms with Crippen LogP contribution in [0.5, 0.6) is 11.5 Å². The van der Waals surface area contributed by atoms with E-state index in [2.05, 4.69) is 50.8 Å². The number of esters is 1. The van der Waals surface area contributed by atoms with Gasteiger partial charge in [-0.1, -0.05) is 33.8 Å². The summed E-state index contributed by atoms with van der Waals surface area (Å²) in [5.74, 6) is 1.28. The molecule has 0 saturated carbocycles. The number of nitrogens with zero attached hydrogens (tertiary/aromatic N) is 1. The van der Waals surface area contributed by atoms with Gasteiger partial charge in [-0.3, -0.25) is 4.90 Å². The fourth-order valence-corrected chi connectivity index (χ4v) is 5.43. The molecular formula is C32H43NO5. The van der Waals surface area contributed by atoms with Crippen molar-refractivity contribution in [2.45, 2.75) is 58.3 Å². The van der Waals surface area contributed by atoms with Crippen LogP contribution in [-0.4, -0.2) is 64.0 Å². The van der Waals surface area contributed by atoms with Gasteiger partial charge in [0.15, 0.2) is 0 Å². The Bertz CT molecular complexity index is 1160. The van der Waals surface area contributed by atoms with Crippen molar-refractivity contribution in [2.75, 3.05) is 53.2 Å². The largest absolute Gasteiger partial charge is 0.496 e. The summed E-state index contributed by atoms with van der Waals surface area (Å²) in [7, 11) is 1.69. The van der Waals surface area contributed by atoms with Crippen LogP contribution in [0.1, 0.15) is 64.2 Å². The Balaban J connectivity index is 1.77. The van der Waals surface area contributed by atoms with Gasteiger partial charge >= 0.3 is 5.97 Å². The topological polar surface area (TPSA) is 57.2 Å². The first kappa shape index (κ1) is 28.2. The van der Waals surface area contributed by atoms with Crippen molar-refractivity contribution >= 4 is 12.0 Å². The van der Waals surface area contributed by atoms with E-state index in [0.29, 0.717) is 13.2 Å². The van der Waals surface area contributed by atoms with Crippen molar-refractivity contribution < 1.29 is 23.7 Å². The van der Waals surface area contributed by atoms with Crippen LogP contribution in [-0.2, 0) is 25.1 Å². The molecule has 1 heterocycles. The number of rotatable bonds is 9. The van der Waals surface area contributed by atoms with Crippen LogP contribution in [0.25, 0.3) is 17.2 Å². The van der Waals surface area contributed by atoms with Crippen molar-refractivity contribution in [3.63, 3.8) is 0 Å². The van der Waals surface area contributed by atoms with Crippen LogP contribution in [0.2, 0.25) is 0 Å². The number of hydrogen-bond donors (Lipinski definition) is 0. The number of ether oxygens (including phenoxy) is 4. The molecule has 38 heavy (non-hydrogen) atoms. The molecule has 2 aromatic rings. The molecule has 4 rings (SSSR count). The minimum absolute atomic E-state index is 0.0561. The molecule has 0 bridgehead atoms. The maximum atomic E-state index is 11.9. The molecule has 1 fully saturated rings. The molecule has 1 aliphatic heterocycles. The number of carbonyl (C=O) groups is 1. The van der Waals surface area contributed by atoms with E-state index in [1.165, 1.54) is 17.2 Å². The van der Waals surface area contributed by atoms with E-state index >= 15 is 0 Å². The maximum Gasteiger partial charge on any atom is 0.330 e. The summed E-state index contributed by atoms with van der Waals surface area (Å²) < 4.78 is 22.9. The van der Waals surface area contributed by atoms with Gasteiger partial charge in [0.2, 0.25) is 0 Å². The molecule has 1 aliphatic carbocycles. The van der Waals surface area contributed by atoms with Gasteiger partial charge in [0.25, 0.3) is 0 Å². The average molecular weight is 522 g/mol. The van der Waals surface area contributed by atoms with Crippen molar-refractivity contribution in [1.29, 1.82) is 0 Å². The first-order valence-electron chi connectivity index (χ1n) is 13.8. The lowest BCUT2D eigenvalue weighted by atomic mass is 9.62. The summed E-state index contributed by atoms with van der Waals surface area (Å²) in [6.45, 7) is 16.4. The van der Waals surface area contributed by atoms with Crippen LogP contribution in [0, 0.1) is 0 Å². The summed E-state index contributed by atoms with van der Waals surface area (Å²) in [5.41, 5.74) is 5.70. The second-order valence-electron chi connectivity index (χ2n) is 11.5. The van der Waals surface area contributed by atoms with Crippen LogP contribution >= 0.6 is 0 Å². The fourth-order valence-electron chi connectivity index (χ4n) is 5.43. The van der Waals surface area contributed by atoms with Gasteiger partial charge in [0.1, 0.15) is 18.1 Å². The minimum atomic E-state index is -0.352. The lowest BCUT2D eigenvalue weighted by Gasteiger charge is -2.42. The molecule has 0 amide bonds. The van der Waals surface area contributed by atoms with Crippen molar-refractivity contribution in [3.05, 3.63) is 53.1 Å². The minimum Gasteiger partial charge on any atom is -0.496 e. The van der Waals surface area contributed by atoms with Gasteiger partial charge in [-0.15, -0.1) is 0 Å². The van der Waals surface area contributed by atoms with Crippen molar-refractivity contribution in [3.8, 4) is 22.6 Å². The second kappa shape index (κ2) is 11.9. The Morgan fingerprint density at radius 1 is 0.974 bits per heavy atom. The highest BCUT2D eigenvalue weighted by Gasteiger charge is 2.38. The molecule has 6 nitrogen and oxygen atoms in total. The Kier molecular flexibility index (Phi) is 8.84. The molecule has 2 aliphatic rings. The van der Waals surface area contributed by atoms with Gasteiger partial charge in [-0.05, 0) is 77.6 Å². The number of methoxy groups -OCH3 is 1. The standard InChI is InChI=1S/C32H43NO5/c1-7-37-30(34)11-9-23-8-10-28(35-6)24(20-23)25-21-26-27(32(4,5)13-12-31(26,2)3)22-29(25)38-19-16-33-14-17-36-18-15-33/h8-11,20-22H,7,12-19H2,1-6H3/b11-9+. The molecule has 6 heteroatoms. The van der Waals surface area contributed by atoms with Crippen molar-refractivity contribution in [2.24, 2.45) is 0 Å². The Labute approximate surface area is 227 Å². The zero-order valence-electron chi connectivity index (χ0n) is 23.9. The third kappa shape index (κ3) is 6.41. The zero-order chi connectivity index (χ0) is 27.3. The predicted molar refractivity (Wildman–Crippen MR) is 152 cm³/mol. The lowest BCUT2D eigenvalue weighted by Crippen LogP contribution is -2.38. The summed E-state index contributed by atoms with van der Waals surface area (Å²) in [4.78, 5) is 14.3. The molecule has 206 valence electrons. The average Bonchev–Trinajstić information content (AvgIpc) is 2.90. The number of fused-ring (bicyclic) bond motifs is 1. The normalized spacial score (nSPS) is 18.7. The van der Waals surface area contributed by atoms with E-state index in [1.807, 2.05) is 12.1 Å². The number of morpholine rings is 1. The molecule has 0 radical (unpaired) electrons. The van der Waals surface area contributed by atoms with Gasteiger partial charge in [0, 0.05) is 36.8 Å². The number of benzene rings is 2. The molecule has 0 atom stereocenters. The first-order valence-corrected chi connectivity index (χ1v) is 13.8. The van der Waals surface area contributed by atoms with E-state index in [4.69, 9.17) is 18.9 Å². The van der Waals surface area contributed by atoms with Gasteiger partial charge in [0.05, 0.1) is 26.9 Å². The molecule has 0 unspecified atom stereocenters. The van der Waals surface area contributed by atoms with Crippen LogP contribution in [0.4, 0.5) is 0 Å². The zero-order valence-corrected chi connectivity index (χ0v) is 23.9. The smallest absolute Gasteiger partial charge is 0.330 e. The second-order valence-corrected chi connectivity index (χ2v) is 11.5. The number of carbonyl (C=O) groups excluding carboxylic acids is 1. The highest BCUT2D eigenvalue weighted by atomic mass is 16.5. The van der Waals surface area contributed by atoms with Crippen LogP contribution in [0.3, 0.4) is 0 Å². The summed E-state index contributed by atoms with van der Waals surface area (Å²) in [6.07, 6.45) is 5.51. The van der Waals surface area contributed by atoms with Gasteiger partial charge in [-0.25, -0.2) is 4.79 Å². The molecule has 0 N–H and O–H groups in total. The highest BCUT2D eigenvalue weighted by molar-refractivity contribution is 5.88. The summed E-state index contributed by atoms with van der Waals surface area (Å²) in [5, 5.41) is 0. The Morgan fingerprint density at radius 3 is 2.29 bits per heavy atom. The molecule has 0 aromatic heterocycles. The fraction of sp³-hybridized carbons (Fsp3) is 0.531. The molecule has 2 aromatic carbocycles. The maximum absolute atomic E-state index is 11.9. The Morgan fingerprint density at radius 2 is 1.63 bits per heavy atom. The SMILES string of the molecule is CCOC(=O)/C=C/c1ccc(OC)c(-c2cc3c(cc2OCCN2CCOCC2)C(C)(C)CCC3(C)C)c1. The predicted octanol–water partition coefficient (Wildman–Crippen LogP) is 6.00. The first-order chi connectivity index (χ1) is 18.1. The van der Waals surface area contributed by atoms with Crippen LogP contribution in [0.15, 0.2) is 36.4 Å². The molecular weight excluding hydrogens is 478 g/mol. The van der Waals surface area contributed by atoms with Gasteiger partial charge in [-0.2, -0.15) is 0 Å². The van der Waals surface area contributed by atoms with E-state index < -0.39 is 0 Å². The summed E-state index contributed by atoms with van der Waals surface area (Å²) in [6, 6.07) is 10.5. The molecule has 1 saturated heterocycles. The quantitative estimate of drug-likeness (QED) is 0.298. The number of hydrogen-bond acceptors (Lipinski definition) is 6. The Hall–Kier alpha value is -2.83. The van der Waals surface area contributed by atoms with E-state index in [0.717, 1.165) is 73.9 Å². The third-order valence-corrected chi connectivity index (χ3v) is 7.93. The molecule has 0 spiro atoms. The highest BCUT2D eigenvalue weighted by Crippen LogP contribution is 2.50. The summed E-state index contributed by atoms with van der Waals surface area (Å²) >= 11 is 0. The third-order valence-electron chi connectivity index (χ3n) is 7.93. The van der Waals surface area contributed by atoms with E-state index in [-0.39, 0.29) is 16.8 Å².